The average molecular weight is 270 g/mol. The third-order valence-corrected chi connectivity index (χ3v) is 2.17. The summed E-state index contributed by atoms with van der Waals surface area (Å²) < 4.78 is 24.4. The molecule has 0 radical (unpaired) electrons. The molecule has 1 aromatic heterocycles. The van der Waals surface area contributed by atoms with Gasteiger partial charge in [-0.25, -0.2) is 8.78 Å². The molecule has 1 heterocycles. The van der Waals surface area contributed by atoms with Gasteiger partial charge in [0.05, 0.1) is 5.56 Å². The zero-order valence-corrected chi connectivity index (χ0v) is 8.44. The van der Waals surface area contributed by atoms with Gasteiger partial charge in [0, 0.05) is 10.7 Å². The second-order valence-electron chi connectivity index (χ2n) is 2.16. The zero-order chi connectivity index (χ0) is 10.0. The highest BCUT2D eigenvalue weighted by atomic mass is 79.9. The summed E-state index contributed by atoms with van der Waals surface area (Å²) in [6.45, 7) is 0. The van der Waals surface area contributed by atoms with Crippen molar-refractivity contribution in [2.75, 3.05) is 0 Å². The highest BCUT2D eigenvalue weighted by Gasteiger charge is 2.13. The van der Waals surface area contributed by atoms with Gasteiger partial charge in [0.2, 0.25) is 0 Å². The Morgan fingerprint density at radius 3 is 2.62 bits per heavy atom. The molecule has 0 saturated carbocycles. The molecule has 0 aliphatic carbocycles. The Labute approximate surface area is 86.0 Å². The highest BCUT2D eigenvalue weighted by Crippen LogP contribution is 2.23. The van der Waals surface area contributed by atoms with Crippen LogP contribution in [0.5, 0.6) is 0 Å². The standard InChI is InChI=1S/C7H3BrClF2NO/c8-4-1-5(7(10)11)12-2-3(4)6(9)13/h1-2,7H. The van der Waals surface area contributed by atoms with Gasteiger partial charge in [-0.15, -0.1) is 0 Å². The van der Waals surface area contributed by atoms with E-state index in [2.05, 4.69) is 20.9 Å². The molecule has 1 rings (SSSR count). The number of aromatic nitrogens is 1. The van der Waals surface area contributed by atoms with Crippen LogP contribution in [-0.2, 0) is 0 Å². The molecule has 0 aromatic carbocycles. The lowest BCUT2D eigenvalue weighted by Gasteiger charge is -2.01. The molecule has 13 heavy (non-hydrogen) atoms. The molecule has 0 aliphatic heterocycles. The lowest BCUT2D eigenvalue weighted by molar-refractivity contribution is 0.107. The minimum Gasteiger partial charge on any atom is -0.276 e. The summed E-state index contributed by atoms with van der Waals surface area (Å²) >= 11 is 8.08. The number of hydrogen-bond acceptors (Lipinski definition) is 2. The molecule has 0 unspecified atom stereocenters. The van der Waals surface area contributed by atoms with Gasteiger partial charge in [-0.2, -0.15) is 0 Å². The van der Waals surface area contributed by atoms with Crippen LogP contribution in [-0.4, -0.2) is 10.2 Å². The topological polar surface area (TPSA) is 30.0 Å². The van der Waals surface area contributed by atoms with Gasteiger partial charge in [-0.1, -0.05) is 0 Å². The number of rotatable bonds is 2. The molecule has 0 aliphatic rings. The Balaban J connectivity index is 3.13. The number of pyridine rings is 1. The van der Waals surface area contributed by atoms with Crippen LogP contribution in [0.4, 0.5) is 8.78 Å². The van der Waals surface area contributed by atoms with E-state index in [9.17, 15) is 13.6 Å². The number of hydrogen-bond donors (Lipinski definition) is 0. The Bertz CT molecular complexity index is 345. The van der Waals surface area contributed by atoms with Gasteiger partial charge >= 0.3 is 0 Å². The first-order valence-corrected chi connectivity index (χ1v) is 4.33. The van der Waals surface area contributed by atoms with Gasteiger partial charge in [-0.05, 0) is 33.6 Å². The van der Waals surface area contributed by atoms with E-state index in [1.54, 1.807) is 0 Å². The van der Waals surface area contributed by atoms with Crippen LogP contribution in [0.15, 0.2) is 16.7 Å². The molecular weight excluding hydrogens is 267 g/mol. The number of carbonyl (C=O) groups is 1. The van der Waals surface area contributed by atoms with Crippen molar-refractivity contribution < 1.29 is 13.6 Å². The number of alkyl halides is 2. The first-order chi connectivity index (χ1) is 6.02. The molecule has 0 fully saturated rings. The van der Waals surface area contributed by atoms with Crippen molar-refractivity contribution in [2.45, 2.75) is 6.43 Å². The minimum atomic E-state index is -2.66. The van der Waals surface area contributed by atoms with Crippen molar-refractivity contribution in [2.24, 2.45) is 0 Å². The summed E-state index contributed by atoms with van der Waals surface area (Å²) in [7, 11) is 0. The van der Waals surface area contributed by atoms with Crippen molar-refractivity contribution in [3.05, 3.63) is 28.0 Å². The van der Waals surface area contributed by atoms with Crippen LogP contribution in [0.3, 0.4) is 0 Å². The van der Waals surface area contributed by atoms with Gasteiger partial charge in [0.25, 0.3) is 11.7 Å². The van der Waals surface area contributed by atoms with Crippen LogP contribution in [0.1, 0.15) is 22.5 Å². The lowest BCUT2D eigenvalue weighted by Crippen LogP contribution is -1.96. The first-order valence-electron chi connectivity index (χ1n) is 3.16. The third-order valence-electron chi connectivity index (χ3n) is 1.31. The number of halogens is 4. The Morgan fingerprint density at radius 2 is 2.23 bits per heavy atom. The summed E-state index contributed by atoms with van der Waals surface area (Å²) in [4.78, 5) is 14.0. The summed E-state index contributed by atoms with van der Waals surface area (Å²) in [5, 5.41) is -0.736. The normalized spacial score (nSPS) is 10.5. The second-order valence-corrected chi connectivity index (χ2v) is 3.36. The van der Waals surface area contributed by atoms with Crippen molar-refractivity contribution in [3.63, 3.8) is 0 Å². The van der Waals surface area contributed by atoms with Crippen molar-refractivity contribution in [3.8, 4) is 0 Å². The maximum Gasteiger partial charge on any atom is 0.280 e. The highest BCUT2D eigenvalue weighted by molar-refractivity contribution is 9.10. The summed E-state index contributed by atoms with van der Waals surface area (Å²) in [6.07, 6.45) is -1.64. The Hall–Kier alpha value is -0.550. The predicted molar refractivity (Wildman–Crippen MR) is 47.1 cm³/mol. The molecule has 0 amide bonds. The fourth-order valence-corrected chi connectivity index (χ4v) is 1.49. The Morgan fingerprint density at radius 1 is 1.62 bits per heavy atom. The van der Waals surface area contributed by atoms with Crippen LogP contribution >= 0.6 is 27.5 Å². The van der Waals surface area contributed by atoms with Crippen molar-refractivity contribution in [1.29, 1.82) is 0 Å². The average Bonchev–Trinajstić information content (AvgIpc) is 2.03. The molecule has 0 spiro atoms. The zero-order valence-electron chi connectivity index (χ0n) is 6.10. The molecule has 0 saturated heterocycles. The monoisotopic (exact) mass is 269 g/mol. The van der Waals surface area contributed by atoms with E-state index in [-0.39, 0.29) is 10.0 Å². The van der Waals surface area contributed by atoms with E-state index in [1.807, 2.05) is 0 Å². The van der Waals surface area contributed by atoms with Gasteiger partial charge in [0.1, 0.15) is 5.69 Å². The molecule has 70 valence electrons. The largest absolute Gasteiger partial charge is 0.280 e. The van der Waals surface area contributed by atoms with E-state index < -0.39 is 17.4 Å². The summed E-state index contributed by atoms with van der Waals surface area (Å²) in [6, 6.07) is 1.07. The summed E-state index contributed by atoms with van der Waals surface area (Å²) in [5.74, 6) is 0. The van der Waals surface area contributed by atoms with E-state index in [0.717, 1.165) is 12.3 Å². The third kappa shape index (κ3) is 2.45. The van der Waals surface area contributed by atoms with E-state index >= 15 is 0 Å². The Kier molecular flexibility index (Phi) is 3.33. The van der Waals surface area contributed by atoms with Crippen LogP contribution in [0, 0.1) is 0 Å². The molecule has 1 aromatic rings. The number of carbonyl (C=O) groups excluding carboxylic acids is 1. The minimum absolute atomic E-state index is 0.0751. The first kappa shape index (κ1) is 10.5. The van der Waals surface area contributed by atoms with Crippen LogP contribution in [0.25, 0.3) is 0 Å². The van der Waals surface area contributed by atoms with Gasteiger partial charge < -0.3 is 0 Å². The molecular formula is C7H3BrClF2NO. The second kappa shape index (κ2) is 4.11. The van der Waals surface area contributed by atoms with Gasteiger partial charge in [-0.3, -0.25) is 9.78 Å². The quantitative estimate of drug-likeness (QED) is 0.773. The van der Waals surface area contributed by atoms with Crippen LogP contribution in [0.2, 0.25) is 0 Å². The number of nitrogens with zero attached hydrogens (tertiary/aromatic N) is 1. The molecule has 2 nitrogen and oxygen atoms in total. The lowest BCUT2D eigenvalue weighted by atomic mass is 10.3. The molecule has 0 N–H and O–H groups in total. The smallest absolute Gasteiger partial charge is 0.276 e. The fraction of sp³-hybridized carbons (Fsp3) is 0.143. The molecule has 0 bridgehead atoms. The predicted octanol–water partition coefficient (Wildman–Crippen LogP) is 3.16. The molecule has 0 atom stereocenters. The maximum atomic E-state index is 12.1. The van der Waals surface area contributed by atoms with E-state index in [4.69, 9.17) is 11.6 Å². The van der Waals surface area contributed by atoms with E-state index in [0.29, 0.717) is 0 Å². The molecule has 6 heteroatoms. The fourth-order valence-electron chi connectivity index (χ4n) is 0.710. The summed E-state index contributed by atoms with van der Waals surface area (Å²) in [5.41, 5.74) is -0.320. The maximum absolute atomic E-state index is 12.1. The van der Waals surface area contributed by atoms with Gasteiger partial charge in [0.15, 0.2) is 0 Å². The van der Waals surface area contributed by atoms with Crippen LogP contribution < -0.4 is 0 Å². The van der Waals surface area contributed by atoms with Crippen molar-refractivity contribution >= 4 is 32.8 Å². The SMILES string of the molecule is O=C(Cl)c1cnc(C(F)F)cc1Br. The van der Waals surface area contributed by atoms with E-state index in [1.165, 1.54) is 0 Å². The van der Waals surface area contributed by atoms with Crippen molar-refractivity contribution in [1.82, 2.24) is 4.98 Å².